The minimum absolute atomic E-state index is 0.00894. The molecule has 1 amide bonds. The summed E-state index contributed by atoms with van der Waals surface area (Å²) in [6.07, 6.45) is 61.3. The third-order valence-electron chi connectivity index (χ3n) is 14.1. The Morgan fingerprint density at radius 1 is 0.386 bits per heavy atom. The molecule has 11 rings (SSSR count). The van der Waals surface area contributed by atoms with Crippen LogP contribution in [0.25, 0.3) is 65.4 Å². The smallest absolute Gasteiger partial charge is 0.228 e. The molecular weight excluding hydrogens is 1020 g/mol. The van der Waals surface area contributed by atoms with Crippen LogP contribution >= 0.6 is 0 Å². The fourth-order valence-corrected chi connectivity index (χ4v) is 10.6. The number of para-hydroxylation sites is 1. The van der Waals surface area contributed by atoms with Crippen molar-refractivity contribution in [2.24, 2.45) is 0 Å². The minimum atomic E-state index is -0.177. The van der Waals surface area contributed by atoms with E-state index in [2.05, 4.69) is 65.1 Å². The number of carbonyl (C=O) groups excluding carboxylic acids is 4. The van der Waals surface area contributed by atoms with Gasteiger partial charge < -0.3 is 4.90 Å². The normalized spacial score (nSPS) is 11.5. The third-order valence-corrected chi connectivity index (χ3v) is 14.1. The van der Waals surface area contributed by atoms with Gasteiger partial charge in [0.25, 0.3) is 0 Å². The van der Waals surface area contributed by atoms with Crippen LogP contribution < -0.4 is 4.90 Å². The Balaban J connectivity index is 0.000000145. The van der Waals surface area contributed by atoms with Crippen molar-refractivity contribution in [1.82, 2.24) is 13.7 Å². The quantitative estimate of drug-likeness (QED) is 0.153. The van der Waals surface area contributed by atoms with E-state index in [0.717, 1.165) is 71.2 Å². The predicted octanol–water partition coefficient (Wildman–Crippen LogP) is 12.3. The molecule has 4 heterocycles. The zero-order valence-electron chi connectivity index (χ0n) is 45.7. The van der Waals surface area contributed by atoms with Crippen molar-refractivity contribution in [1.29, 1.82) is 0 Å². The molecule has 1 aliphatic rings. The van der Waals surface area contributed by atoms with Crippen molar-refractivity contribution < 1.29 is 19.2 Å². The largest absolute Gasteiger partial charge is 0.312 e. The van der Waals surface area contributed by atoms with Crippen molar-refractivity contribution in [2.45, 2.75) is 40.0 Å². The van der Waals surface area contributed by atoms with Crippen LogP contribution in [-0.2, 0) is 4.79 Å². The summed E-state index contributed by atoms with van der Waals surface area (Å²) in [5.74, 6) is 28.5. The lowest BCUT2D eigenvalue weighted by Gasteiger charge is -2.15. The molecule has 0 fully saturated rings. The standard InChI is InChI=1S/C22H11NO.C20H11NO.C17H13NO.C16H11NO/c1-6-15-10-17(8-3)21-19(12-15)23(14(5)24)20-13-16(7-2)11-18(9-4)22(20)21;1-5-14-8-9-18-17(11-14)20-16(7-3)10-15(6-2)12-19(20)21(18)13(4)22;1-5-8-15-11-18(12(4)19)17-10-14(7-3)13(6-2)9-16(15)17;1-3-12-8-9-16-14(10-12)13-6-4-5-7-15(13)17(16)11(2)18/h1-4,10-13H,5H3;1-3,8-12H,4H3;1-3,9-10,15H,8,11H2,4H3;1,4-10H,2H3. The second kappa shape index (κ2) is 23.7. The first-order valence-electron chi connectivity index (χ1n) is 25.4. The van der Waals surface area contributed by atoms with Crippen LogP contribution in [0.1, 0.15) is 116 Å². The van der Waals surface area contributed by atoms with E-state index in [9.17, 15) is 19.2 Å². The first-order valence-corrected chi connectivity index (χ1v) is 25.4. The van der Waals surface area contributed by atoms with Gasteiger partial charge in [0.15, 0.2) is 0 Å². The van der Waals surface area contributed by atoms with Gasteiger partial charge >= 0.3 is 0 Å². The number of fused-ring (bicyclic) bond motifs is 10. The zero-order chi connectivity index (χ0) is 60.0. The molecule has 0 saturated heterocycles. The Hall–Kier alpha value is -12.4. The Kier molecular flexibility index (Phi) is 16.2. The van der Waals surface area contributed by atoms with E-state index in [1.807, 2.05) is 66.7 Å². The second-order valence-corrected chi connectivity index (χ2v) is 18.9. The van der Waals surface area contributed by atoms with Gasteiger partial charge in [-0.05, 0) is 96.6 Å². The van der Waals surface area contributed by atoms with E-state index in [0.29, 0.717) is 74.0 Å². The SMILES string of the molecule is C#CCC1CN(C(C)=O)c2cc(C#C)c(C#C)cc21.C#Cc1cc(C#C)c2c3c(C#C)cc(C#C)cc3n(C(C)=O)c2c1.C#Cc1ccc2c(c1)c1c(C#C)cc(C#C)cc1n2C(C)=O.C#Cc1ccc2c(c1)c1ccccc1n2C(C)=O. The molecule has 83 heavy (non-hydrogen) atoms. The molecule has 3 aromatic heterocycles. The van der Waals surface area contributed by atoms with Gasteiger partial charge in [-0.3, -0.25) is 32.9 Å². The van der Waals surface area contributed by atoms with Gasteiger partial charge in [-0.25, -0.2) is 0 Å². The van der Waals surface area contributed by atoms with Crippen LogP contribution in [0.2, 0.25) is 0 Å². The maximum Gasteiger partial charge on any atom is 0.228 e. The highest BCUT2D eigenvalue weighted by Crippen LogP contribution is 2.40. The molecule has 1 aliphatic heterocycles. The summed E-state index contributed by atoms with van der Waals surface area (Å²) in [5.41, 5.74) is 13.0. The maximum absolute atomic E-state index is 12.3. The van der Waals surface area contributed by atoms with E-state index < -0.39 is 0 Å². The van der Waals surface area contributed by atoms with Crippen LogP contribution in [0.5, 0.6) is 0 Å². The number of rotatable bonds is 1. The number of anilines is 1. The highest BCUT2D eigenvalue weighted by Gasteiger charge is 2.31. The van der Waals surface area contributed by atoms with Gasteiger partial charge in [-0.15, -0.1) is 76.6 Å². The third kappa shape index (κ3) is 10.3. The van der Waals surface area contributed by atoms with Crippen LogP contribution in [-0.4, -0.2) is 43.9 Å². The van der Waals surface area contributed by atoms with Crippen molar-refractivity contribution in [3.8, 4) is 136 Å². The molecular formula is C75H46N4O4. The van der Waals surface area contributed by atoms with E-state index in [4.69, 9.17) is 70.7 Å². The Morgan fingerprint density at radius 3 is 1.23 bits per heavy atom. The van der Waals surface area contributed by atoms with Gasteiger partial charge in [0, 0.05) is 140 Å². The molecule has 0 N–H and O–H groups in total. The van der Waals surface area contributed by atoms with E-state index in [1.54, 1.807) is 68.0 Å². The number of terminal acetylenes is 11. The van der Waals surface area contributed by atoms with Crippen LogP contribution in [0.4, 0.5) is 5.69 Å². The second-order valence-electron chi connectivity index (χ2n) is 18.9. The molecule has 390 valence electrons. The molecule has 0 aliphatic carbocycles. The molecule has 0 bridgehead atoms. The maximum atomic E-state index is 12.3. The van der Waals surface area contributed by atoms with Gasteiger partial charge in [0.2, 0.25) is 23.6 Å². The number of hydrogen-bond donors (Lipinski definition) is 0. The van der Waals surface area contributed by atoms with Crippen molar-refractivity contribution in [3.63, 3.8) is 0 Å². The monoisotopic (exact) mass is 1070 g/mol. The predicted molar refractivity (Wildman–Crippen MR) is 337 cm³/mol. The Morgan fingerprint density at radius 2 is 0.783 bits per heavy atom. The molecule has 7 aromatic carbocycles. The molecule has 0 spiro atoms. The summed E-state index contributed by atoms with van der Waals surface area (Å²) >= 11 is 0. The molecule has 8 heteroatoms. The Bertz CT molecular complexity index is 4930. The summed E-state index contributed by atoms with van der Waals surface area (Å²) < 4.78 is 4.89. The lowest BCUT2D eigenvalue weighted by Crippen LogP contribution is -2.27. The van der Waals surface area contributed by atoms with Gasteiger partial charge in [-0.1, -0.05) is 77.4 Å². The van der Waals surface area contributed by atoms with Gasteiger partial charge in [-0.2, -0.15) is 0 Å². The number of carbonyl (C=O) groups is 4. The minimum Gasteiger partial charge on any atom is -0.312 e. The van der Waals surface area contributed by atoms with E-state index in [-0.39, 0.29) is 29.5 Å². The first kappa shape index (κ1) is 56.8. The van der Waals surface area contributed by atoms with Crippen molar-refractivity contribution in [2.75, 3.05) is 11.4 Å². The summed E-state index contributed by atoms with van der Waals surface area (Å²) in [6, 6.07) is 33.3. The summed E-state index contributed by atoms with van der Waals surface area (Å²) in [5, 5.41) is 5.23. The van der Waals surface area contributed by atoms with Crippen molar-refractivity contribution >= 4 is 94.7 Å². The first-order chi connectivity index (χ1) is 40.0. The molecule has 8 nitrogen and oxygen atoms in total. The number of aromatic nitrogens is 3. The molecule has 0 radical (unpaired) electrons. The summed E-state index contributed by atoms with van der Waals surface area (Å²) in [4.78, 5) is 49.6. The fraction of sp³-hybridized carbons (Fsp3) is 0.0933. The lowest BCUT2D eigenvalue weighted by molar-refractivity contribution is -0.116. The van der Waals surface area contributed by atoms with Crippen LogP contribution in [0.15, 0.2) is 109 Å². The highest BCUT2D eigenvalue weighted by atomic mass is 16.2. The number of hydrogen-bond acceptors (Lipinski definition) is 4. The van der Waals surface area contributed by atoms with E-state index >= 15 is 0 Å². The van der Waals surface area contributed by atoms with Gasteiger partial charge in [0.1, 0.15) is 0 Å². The molecule has 1 unspecified atom stereocenters. The average molecular weight is 1070 g/mol. The zero-order valence-corrected chi connectivity index (χ0v) is 45.7. The number of amides is 1. The van der Waals surface area contributed by atoms with Crippen LogP contribution in [0.3, 0.4) is 0 Å². The lowest BCUT2D eigenvalue weighted by atomic mass is 9.94. The number of nitrogens with zero attached hydrogens (tertiary/aromatic N) is 4. The number of benzene rings is 7. The molecule has 10 aromatic rings. The van der Waals surface area contributed by atoms with Crippen molar-refractivity contribution in [3.05, 3.63) is 170 Å². The van der Waals surface area contributed by atoms with Crippen LogP contribution in [0, 0.1) is 136 Å². The summed E-state index contributed by atoms with van der Waals surface area (Å²) in [7, 11) is 0. The highest BCUT2D eigenvalue weighted by molar-refractivity contribution is 6.19. The average Bonchev–Trinajstić information content (AvgIpc) is 2.97. The van der Waals surface area contributed by atoms with Gasteiger partial charge in [0.05, 0.1) is 33.1 Å². The topological polar surface area (TPSA) is 86.3 Å². The fourth-order valence-electron chi connectivity index (χ4n) is 10.6. The molecule has 1 atom stereocenters. The summed E-state index contributed by atoms with van der Waals surface area (Å²) in [6.45, 7) is 6.67. The van der Waals surface area contributed by atoms with E-state index in [1.165, 1.54) is 20.8 Å². The molecule has 0 saturated carbocycles. The Labute approximate surface area is 482 Å².